The summed E-state index contributed by atoms with van der Waals surface area (Å²) in [7, 11) is 0. The molecular formula is C26H31N5O2. The molecule has 2 heterocycles. The molecule has 3 unspecified atom stereocenters. The highest BCUT2D eigenvalue weighted by Crippen LogP contribution is 2.38. The van der Waals surface area contributed by atoms with Crippen LogP contribution in [0.4, 0.5) is 5.69 Å². The predicted molar refractivity (Wildman–Crippen MR) is 128 cm³/mol. The van der Waals surface area contributed by atoms with Crippen molar-refractivity contribution in [2.45, 2.75) is 64.3 Å². The molecule has 2 aromatic rings. The number of hydrazone groups is 1. The third-order valence-corrected chi connectivity index (χ3v) is 6.96. The summed E-state index contributed by atoms with van der Waals surface area (Å²) in [4.78, 5) is 30.2. The minimum Gasteiger partial charge on any atom is -0.326 e. The van der Waals surface area contributed by atoms with E-state index < -0.39 is 0 Å². The maximum atomic E-state index is 13.5. The van der Waals surface area contributed by atoms with Gasteiger partial charge in [0.1, 0.15) is 5.84 Å². The zero-order valence-electron chi connectivity index (χ0n) is 19.0. The molecule has 0 spiro atoms. The van der Waals surface area contributed by atoms with Gasteiger partial charge in [-0.3, -0.25) is 19.9 Å². The van der Waals surface area contributed by atoms with Crippen molar-refractivity contribution in [2.75, 3.05) is 5.32 Å². The predicted octanol–water partition coefficient (Wildman–Crippen LogP) is 3.82. The van der Waals surface area contributed by atoms with Crippen molar-refractivity contribution in [1.29, 1.82) is 0 Å². The SMILES string of the molecule is Cc1ccc(CN2C(=O)C3CCCCC3N3C(CCC(=O)Nc4ccccc4)=NNC23)cc1. The van der Waals surface area contributed by atoms with Crippen molar-refractivity contribution in [3.8, 4) is 0 Å². The van der Waals surface area contributed by atoms with E-state index in [0.29, 0.717) is 19.4 Å². The first-order chi connectivity index (χ1) is 16.1. The Labute approximate surface area is 194 Å². The molecule has 1 saturated carbocycles. The van der Waals surface area contributed by atoms with E-state index in [4.69, 9.17) is 0 Å². The lowest BCUT2D eigenvalue weighted by molar-refractivity contribution is -0.156. The summed E-state index contributed by atoms with van der Waals surface area (Å²) >= 11 is 0. The first kappa shape index (κ1) is 21.5. The number of amidine groups is 1. The van der Waals surface area contributed by atoms with Gasteiger partial charge in [-0.25, -0.2) is 0 Å². The molecule has 2 aliphatic heterocycles. The van der Waals surface area contributed by atoms with Crippen LogP contribution in [0, 0.1) is 12.8 Å². The summed E-state index contributed by atoms with van der Waals surface area (Å²) in [5.41, 5.74) is 6.33. The van der Waals surface area contributed by atoms with Crippen LogP contribution in [0.1, 0.15) is 49.7 Å². The van der Waals surface area contributed by atoms with Gasteiger partial charge in [-0.05, 0) is 37.5 Å². The van der Waals surface area contributed by atoms with Crippen LogP contribution in [0.5, 0.6) is 0 Å². The maximum Gasteiger partial charge on any atom is 0.231 e. The van der Waals surface area contributed by atoms with E-state index in [0.717, 1.165) is 42.8 Å². The second kappa shape index (κ2) is 9.25. The highest BCUT2D eigenvalue weighted by Gasteiger charge is 2.50. The lowest BCUT2D eigenvalue weighted by atomic mass is 9.80. The number of rotatable bonds is 6. The molecule has 0 aromatic heterocycles. The molecule has 1 aliphatic carbocycles. The summed E-state index contributed by atoms with van der Waals surface area (Å²) in [5.74, 6) is 1.05. The molecule has 2 aromatic carbocycles. The lowest BCUT2D eigenvalue weighted by Crippen LogP contribution is -2.67. The number of carbonyl (C=O) groups is 2. The Bertz CT molecular complexity index is 1040. The summed E-state index contributed by atoms with van der Waals surface area (Å²) in [6, 6.07) is 18.0. The third kappa shape index (κ3) is 4.45. The Balaban J connectivity index is 1.31. The Morgan fingerprint density at radius 2 is 1.85 bits per heavy atom. The molecule has 2 amide bonds. The largest absolute Gasteiger partial charge is 0.326 e. The number of carbonyl (C=O) groups excluding carboxylic acids is 2. The molecule has 3 aliphatic rings. The molecule has 33 heavy (non-hydrogen) atoms. The normalized spacial score (nSPS) is 24.0. The van der Waals surface area contributed by atoms with E-state index >= 15 is 0 Å². The van der Waals surface area contributed by atoms with E-state index in [-0.39, 0.29) is 30.1 Å². The molecule has 2 fully saturated rings. The van der Waals surface area contributed by atoms with Crippen LogP contribution in [0.2, 0.25) is 0 Å². The summed E-state index contributed by atoms with van der Waals surface area (Å²) in [6.45, 7) is 2.62. The van der Waals surface area contributed by atoms with E-state index in [1.165, 1.54) is 5.56 Å². The zero-order chi connectivity index (χ0) is 22.8. The summed E-state index contributed by atoms with van der Waals surface area (Å²) in [5, 5.41) is 7.56. The first-order valence-corrected chi connectivity index (χ1v) is 11.9. The molecule has 2 N–H and O–H groups in total. The van der Waals surface area contributed by atoms with Crippen LogP contribution >= 0.6 is 0 Å². The van der Waals surface area contributed by atoms with E-state index in [2.05, 4.69) is 51.9 Å². The topological polar surface area (TPSA) is 77.0 Å². The quantitative estimate of drug-likeness (QED) is 0.709. The van der Waals surface area contributed by atoms with Crippen LogP contribution in [-0.4, -0.2) is 39.8 Å². The number of amides is 2. The van der Waals surface area contributed by atoms with Gasteiger partial charge in [0.25, 0.3) is 0 Å². The fourth-order valence-corrected chi connectivity index (χ4v) is 5.26. The smallest absolute Gasteiger partial charge is 0.231 e. The standard InChI is InChI=1S/C26H31N5O2/c1-18-11-13-19(14-12-18)17-30-25(33)21-9-5-6-10-22(21)31-23(28-29-26(30)31)15-16-24(32)27-20-7-3-2-4-8-20/h2-4,7-8,11-14,21-22,26,29H,5-6,9-10,15-17H2,1H3,(H,27,32). The van der Waals surface area contributed by atoms with Crippen LogP contribution in [0.25, 0.3) is 0 Å². The van der Waals surface area contributed by atoms with Crippen molar-refractivity contribution in [2.24, 2.45) is 11.0 Å². The number of benzene rings is 2. The number of nitrogens with one attached hydrogen (secondary N) is 2. The van der Waals surface area contributed by atoms with Crippen molar-refractivity contribution in [3.63, 3.8) is 0 Å². The maximum absolute atomic E-state index is 13.5. The minimum absolute atomic E-state index is 0.0105. The van der Waals surface area contributed by atoms with Crippen LogP contribution in [0.15, 0.2) is 59.7 Å². The second-order valence-corrected chi connectivity index (χ2v) is 9.26. The number of hydrogen-bond acceptors (Lipinski definition) is 5. The van der Waals surface area contributed by atoms with Gasteiger partial charge >= 0.3 is 0 Å². The first-order valence-electron chi connectivity index (χ1n) is 11.9. The Hall–Kier alpha value is -3.35. The molecule has 5 rings (SSSR count). The Morgan fingerprint density at radius 3 is 2.64 bits per heavy atom. The highest BCUT2D eigenvalue weighted by molar-refractivity contribution is 5.95. The van der Waals surface area contributed by atoms with E-state index in [1.54, 1.807) is 0 Å². The molecule has 3 atom stereocenters. The number of anilines is 1. The van der Waals surface area contributed by atoms with Gasteiger partial charge < -0.3 is 10.2 Å². The second-order valence-electron chi connectivity index (χ2n) is 9.26. The lowest BCUT2D eigenvalue weighted by Gasteiger charge is -2.50. The summed E-state index contributed by atoms with van der Waals surface area (Å²) < 4.78 is 0. The van der Waals surface area contributed by atoms with Crippen molar-refractivity contribution < 1.29 is 9.59 Å². The molecule has 7 heteroatoms. The van der Waals surface area contributed by atoms with Gasteiger partial charge in [0.05, 0.1) is 5.92 Å². The number of nitrogens with zero attached hydrogens (tertiary/aromatic N) is 3. The molecule has 0 radical (unpaired) electrons. The van der Waals surface area contributed by atoms with Gasteiger partial charge in [0.15, 0.2) is 6.29 Å². The van der Waals surface area contributed by atoms with Gasteiger partial charge in [-0.2, -0.15) is 5.10 Å². The summed E-state index contributed by atoms with van der Waals surface area (Å²) in [6.07, 6.45) is 4.71. The number of aryl methyl sites for hydroxylation is 1. The fourth-order valence-electron chi connectivity index (χ4n) is 5.26. The van der Waals surface area contributed by atoms with Gasteiger partial charge in [0.2, 0.25) is 11.8 Å². The third-order valence-electron chi connectivity index (χ3n) is 6.96. The minimum atomic E-state index is -0.287. The zero-order valence-corrected chi connectivity index (χ0v) is 19.0. The van der Waals surface area contributed by atoms with Gasteiger partial charge in [-0.15, -0.1) is 0 Å². The Kier molecular flexibility index (Phi) is 6.03. The molecule has 7 nitrogen and oxygen atoms in total. The van der Waals surface area contributed by atoms with Crippen LogP contribution in [0.3, 0.4) is 0 Å². The monoisotopic (exact) mass is 445 g/mol. The fraction of sp³-hybridized carbons (Fsp3) is 0.423. The Morgan fingerprint density at radius 1 is 1.09 bits per heavy atom. The molecule has 1 saturated heterocycles. The number of para-hydroxylation sites is 1. The number of fused-ring (bicyclic) bond motifs is 3. The van der Waals surface area contributed by atoms with Gasteiger partial charge in [-0.1, -0.05) is 60.9 Å². The van der Waals surface area contributed by atoms with Gasteiger partial charge in [0, 0.05) is 31.1 Å². The number of hydrogen-bond donors (Lipinski definition) is 2. The molecule has 0 bridgehead atoms. The van der Waals surface area contributed by atoms with E-state index in [1.807, 2.05) is 35.2 Å². The van der Waals surface area contributed by atoms with Crippen molar-refractivity contribution in [1.82, 2.24) is 15.2 Å². The highest BCUT2D eigenvalue weighted by atomic mass is 16.2. The van der Waals surface area contributed by atoms with Crippen LogP contribution < -0.4 is 10.7 Å². The average molecular weight is 446 g/mol. The van der Waals surface area contributed by atoms with Crippen LogP contribution in [-0.2, 0) is 16.1 Å². The average Bonchev–Trinajstić information content (AvgIpc) is 3.26. The van der Waals surface area contributed by atoms with Crippen molar-refractivity contribution >= 4 is 23.3 Å². The molecular weight excluding hydrogens is 414 g/mol. The molecule has 172 valence electrons. The van der Waals surface area contributed by atoms with Crippen molar-refractivity contribution in [3.05, 3.63) is 65.7 Å². The van der Waals surface area contributed by atoms with E-state index in [9.17, 15) is 9.59 Å².